The fourth-order valence-electron chi connectivity index (χ4n) is 2.39. The molecule has 19 heavy (non-hydrogen) atoms. The van der Waals surface area contributed by atoms with E-state index in [-0.39, 0.29) is 0 Å². The van der Waals surface area contributed by atoms with Crippen LogP contribution in [0.3, 0.4) is 0 Å². The molecule has 0 amide bonds. The Hall–Kier alpha value is -1.22. The minimum absolute atomic E-state index is 0.419. The number of hydrogen-bond acceptors (Lipinski definition) is 3. The highest BCUT2D eigenvalue weighted by Crippen LogP contribution is 2.33. The van der Waals surface area contributed by atoms with Gasteiger partial charge < -0.3 is 14.8 Å². The Morgan fingerprint density at radius 3 is 2.63 bits per heavy atom. The summed E-state index contributed by atoms with van der Waals surface area (Å²) in [4.78, 5) is 0. The lowest BCUT2D eigenvalue weighted by Crippen LogP contribution is -2.22. The van der Waals surface area contributed by atoms with Gasteiger partial charge in [0, 0.05) is 12.5 Å². The molecule has 1 heterocycles. The smallest absolute Gasteiger partial charge is 0.161 e. The van der Waals surface area contributed by atoms with Crippen molar-refractivity contribution in [3.63, 3.8) is 0 Å². The molecule has 1 aromatic carbocycles. The summed E-state index contributed by atoms with van der Waals surface area (Å²) in [7, 11) is 0. The lowest BCUT2D eigenvalue weighted by molar-refractivity contribution is 0.297. The van der Waals surface area contributed by atoms with Crippen molar-refractivity contribution >= 4 is 0 Å². The molecule has 0 aromatic heterocycles. The van der Waals surface area contributed by atoms with Crippen LogP contribution in [0.1, 0.15) is 51.1 Å². The van der Waals surface area contributed by atoms with Gasteiger partial charge in [0.1, 0.15) is 0 Å². The molecule has 0 aliphatic carbocycles. The molecule has 1 aliphatic heterocycles. The predicted octanol–water partition coefficient (Wildman–Crippen LogP) is 3.69. The highest BCUT2D eigenvalue weighted by Gasteiger charge is 2.15. The van der Waals surface area contributed by atoms with E-state index >= 15 is 0 Å². The van der Waals surface area contributed by atoms with Crippen molar-refractivity contribution in [1.29, 1.82) is 0 Å². The largest absolute Gasteiger partial charge is 0.490 e. The summed E-state index contributed by atoms with van der Waals surface area (Å²) in [6.45, 7) is 6.98. The number of rotatable bonds is 6. The summed E-state index contributed by atoms with van der Waals surface area (Å²) in [6.07, 6.45) is 4.44. The summed E-state index contributed by atoms with van der Waals surface area (Å²) in [5.41, 5.74) is 1.31. The van der Waals surface area contributed by atoms with Gasteiger partial charge in [-0.2, -0.15) is 0 Å². The van der Waals surface area contributed by atoms with E-state index < -0.39 is 0 Å². The minimum atomic E-state index is 0.419. The maximum Gasteiger partial charge on any atom is 0.161 e. The van der Waals surface area contributed by atoms with Gasteiger partial charge in [0.15, 0.2) is 11.5 Å². The van der Waals surface area contributed by atoms with Crippen LogP contribution in [0.2, 0.25) is 0 Å². The summed E-state index contributed by atoms with van der Waals surface area (Å²) >= 11 is 0. The van der Waals surface area contributed by atoms with Crippen LogP contribution in [0.4, 0.5) is 0 Å². The van der Waals surface area contributed by atoms with Crippen molar-refractivity contribution in [3.05, 3.63) is 23.8 Å². The first kappa shape index (κ1) is 14.2. The molecular weight excluding hydrogens is 238 g/mol. The Balaban J connectivity index is 2.15. The number of hydrogen-bond donors (Lipinski definition) is 1. The quantitative estimate of drug-likeness (QED) is 0.849. The van der Waals surface area contributed by atoms with Crippen molar-refractivity contribution in [3.8, 4) is 11.5 Å². The lowest BCUT2D eigenvalue weighted by Gasteiger charge is -2.19. The van der Waals surface area contributed by atoms with E-state index in [9.17, 15) is 0 Å². The van der Waals surface area contributed by atoms with Crippen molar-refractivity contribution in [2.45, 2.75) is 45.6 Å². The van der Waals surface area contributed by atoms with Crippen LogP contribution >= 0.6 is 0 Å². The summed E-state index contributed by atoms with van der Waals surface area (Å²) < 4.78 is 11.4. The van der Waals surface area contributed by atoms with Gasteiger partial charge in [0.2, 0.25) is 0 Å². The van der Waals surface area contributed by atoms with Crippen LogP contribution in [0, 0.1) is 0 Å². The van der Waals surface area contributed by atoms with Crippen LogP contribution in [0.5, 0.6) is 11.5 Å². The van der Waals surface area contributed by atoms with Crippen molar-refractivity contribution in [2.75, 3.05) is 19.8 Å². The van der Waals surface area contributed by atoms with Gasteiger partial charge in [0.25, 0.3) is 0 Å². The van der Waals surface area contributed by atoms with Gasteiger partial charge in [-0.05, 0) is 37.1 Å². The Labute approximate surface area is 116 Å². The molecule has 2 rings (SSSR count). The van der Waals surface area contributed by atoms with E-state index in [0.29, 0.717) is 6.04 Å². The normalized spacial score (nSPS) is 15.9. The fourth-order valence-corrected chi connectivity index (χ4v) is 2.39. The van der Waals surface area contributed by atoms with Crippen LogP contribution in [0.25, 0.3) is 0 Å². The predicted molar refractivity (Wildman–Crippen MR) is 78.0 cm³/mol. The van der Waals surface area contributed by atoms with Gasteiger partial charge in [-0.25, -0.2) is 0 Å². The fraction of sp³-hybridized carbons (Fsp3) is 0.625. The molecule has 0 saturated carbocycles. The van der Waals surface area contributed by atoms with E-state index in [1.807, 2.05) is 6.07 Å². The first-order valence-electron chi connectivity index (χ1n) is 7.48. The molecule has 1 aromatic rings. The van der Waals surface area contributed by atoms with Crippen molar-refractivity contribution in [1.82, 2.24) is 5.32 Å². The molecular formula is C16H25NO2. The molecule has 1 atom stereocenters. The average Bonchev–Trinajstić information content (AvgIpc) is 2.67. The molecule has 1 N–H and O–H groups in total. The molecule has 3 heteroatoms. The second-order valence-corrected chi connectivity index (χ2v) is 5.05. The van der Waals surface area contributed by atoms with Gasteiger partial charge in [-0.15, -0.1) is 0 Å². The van der Waals surface area contributed by atoms with E-state index in [0.717, 1.165) is 50.5 Å². The number of nitrogens with one attached hydrogen (secondary N) is 1. The highest BCUT2D eigenvalue weighted by molar-refractivity contribution is 5.44. The van der Waals surface area contributed by atoms with Crippen molar-refractivity contribution in [2.24, 2.45) is 0 Å². The van der Waals surface area contributed by atoms with Gasteiger partial charge in [0.05, 0.1) is 13.2 Å². The minimum Gasteiger partial charge on any atom is -0.490 e. The zero-order chi connectivity index (χ0) is 13.5. The summed E-state index contributed by atoms with van der Waals surface area (Å²) in [5, 5.41) is 3.61. The Bertz CT molecular complexity index is 392. The van der Waals surface area contributed by atoms with Gasteiger partial charge >= 0.3 is 0 Å². The maximum atomic E-state index is 5.77. The Morgan fingerprint density at radius 2 is 1.89 bits per heavy atom. The molecule has 0 radical (unpaired) electrons. The van der Waals surface area contributed by atoms with Crippen LogP contribution in [-0.4, -0.2) is 19.8 Å². The van der Waals surface area contributed by atoms with Crippen molar-refractivity contribution < 1.29 is 9.47 Å². The Kier molecular flexibility index (Phi) is 5.52. The highest BCUT2D eigenvalue weighted by atomic mass is 16.5. The number of fused-ring (bicyclic) bond motifs is 1. The standard InChI is InChI=1S/C16H25NO2/c1-3-6-14(17-9-4-2)13-7-8-15-16(12-13)19-11-5-10-18-15/h7-8,12,14,17H,3-6,9-11H2,1-2H3. The monoisotopic (exact) mass is 263 g/mol. The van der Waals surface area contributed by atoms with Gasteiger partial charge in [-0.1, -0.05) is 26.3 Å². The molecule has 3 nitrogen and oxygen atoms in total. The first-order valence-corrected chi connectivity index (χ1v) is 7.48. The summed E-state index contributed by atoms with van der Waals surface area (Å²) in [6, 6.07) is 6.77. The van der Waals surface area contributed by atoms with Crippen LogP contribution in [-0.2, 0) is 0 Å². The molecule has 1 aliphatic rings. The zero-order valence-electron chi connectivity index (χ0n) is 12.1. The van der Waals surface area contributed by atoms with Crippen LogP contribution < -0.4 is 14.8 Å². The SMILES string of the molecule is CCCNC(CCC)c1ccc2c(c1)OCCCO2. The molecule has 1 unspecified atom stereocenters. The maximum absolute atomic E-state index is 5.77. The molecule has 0 bridgehead atoms. The second-order valence-electron chi connectivity index (χ2n) is 5.05. The number of benzene rings is 1. The summed E-state index contributed by atoms with van der Waals surface area (Å²) in [5.74, 6) is 1.78. The van der Waals surface area contributed by atoms with Gasteiger partial charge in [-0.3, -0.25) is 0 Å². The second kappa shape index (κ2) is 7.39. The average molecular weight is 263 g/mol. The number of ether oxygens (including phenoxy) is 2. The topological polar surface area (TPSA) is 30.5 Å². The molecule has 106 valence electrons. The first-order chi connectivity index (χ1) is 9.35. The third kappa shape index (κ3) is 3.87. The lowest BCUT2D eigenvalue weighted by atomic mass is 10.0. The van der Waals surface area contributed by atoms with E-state index in [2.05, 4.69) is 31.3 Å². The van der Waals surface area contributed by atoms with E-state index in [1.165, 1.54) is 12.0 Å². The van der Waals surface area contributed by atoms with E-state index in [1.54, 1.807) is 0 Å². The van der Waals surface area contributed by atoms with E-state index in [4.69, 9.17) is 9.47 Å². The Morgan fingerprint density at radius 1 is 1.11 bits per heavy atom. The third-order valence-electron chi connectivity index (χ3n) is 3.39. The molecule has 0 fully saturated rings. The van der Waals surface area contributed by atoms with Crippen LogP contribution in [0.15, 0.2) is 18.2 Å². The third-order valence-corrected chi connectivity index (χ3v) is 3.39. The zero-order valence-corrected chi connectivity index (χ0v) is 12.1. The molecule has 0 spiro atoms. The molecule has 0 saturated heterocycles.